The van der Waals surface area contributed by atoms with Crippen LogP contribution in [-0.4, -0.2) is 10.9 Å². The zero-order valence-corrected chi connectivity index (χ0v) is 8.69. The van der Waals surface area contributed by atoms with Gasteiger partial charge < -0.3 is 0 Å². The fourth-order valence-corrected chi connectivity index (χ4v) is 2.57. The number of carbonyl (C=O) groups is 2. The lowest BCUT2D eigenvalue weighted by atomic mass is 10.0. The lowest BCUT2D eigenvalue weighted by Gasteiger charge is -2.15. The summed E-state index contributed by atoms with van der Waals surface area (Å²) in [7, 11) is 0. The Bertz CT molecular complexity index is 410. The van der Waals surface area contributed by atoms with Crippen molar-refractivity contribution in [3.8, 4) is 0 Å². The van der Waals surface area contributed by atoms with Crippen molar-refractivity contribution in [1.82, 2.24) is 0 Å². The number of thioether (sulfide) groups is 1. The third kappa shape index (κ3) is 1.48. The highest BCUT2D eigenvalue weighted by atomic mass is 32.2. The zero-order valence-electron chi connectivity index (χ0n) is 7.87. The molecule has 0 fully saturated rings. The fraction of sp³-hybridized carbons (Fsp3) is 0.273. The monoisotopic (exact) mass is 206 g/mol. The smallest absolute Gasteiger partial charge is 0.260 e. The summed E-state index contributed by atoms with van der Waals surface area (Å²) < 4.78 is 0. The minimum Gasteiger partial charge on any atom is -0.289 e. The van der Waals surface area contributed by atoms with Gasteiger partial charge in [0.25, 0.3) is 5.12 Å². The first-order chi connectivity index (χ1) is 6.72. The van der Waals surface area contributed by atoms with Crippen LogP contribution in [0.3, 0.4) is 0 Å². The van der Waals surface area contributed by atoms with E-state index < -0.39 is 0 Å². The number of aryl methyl sites for hydroxylation is 1. The van der Waals surface area contributed by atoms with Gasteiger partial charge in [0.05, 0.1) is 0 Å². The van der Waals surface area contributed by atoms with E-state index in [-0.39, 0.29) is 17.3 Å². The lowest BCUT2D eigenvalue weighted by molar-refractivity contribution is -0.131. The summed E-state index contributed by atoms with van der Waals surface area (Å²) in [5.74, 6) is -0.282. The summed E-state index contributed by atoms with van der Waals surface area (Å²) >= 11 is 1.08. The van der Waals surface area contributed by atoms with Gasteiger partial charge in [0.15, 0.2) is 0 Å². The van der Waals surface area contributed by atoms with Gasteiger partial charge in [-0.05, 0) is 29.3 Å². The molecule has 0 N–H and O–H groups in total. The highest BCUT2D eigenvalue weighted by Crippen LogP contribution is 2.32. The number of carbonyl (C=O) groups excluding carboxylic acids is 2. The second-order valence-corrected chi connectivity index (χ2v) is 4.23. The maximum Gasteiger partial charge on any atom is 0.260 e. The average molecular weight is 206 g/mol. The van der Waals surface area contributed by atoms with E-state index in [0.717, 1.165) is 34.2 Å². The molecule has 72 valence electrons. The van der Waals surface area contributed by atoms with E-state index in [1.807, 2.05) is 18.2 Å². The topological polar surface area (TPSA) is 34.1 Å². The first-order valence-electron chi connectivity index (χ1n) is 4.58. The summed E-state index contributed by atoms with van der Waals surface area (Å²) in [5.41, 5.74) is 2.16. The standard InChI is InChI=1S/C11H10O2S/c1-2-7-4-3-5-8-6-9(12)11(13)14-10(7)8/h3-5H,2,6H2,1H3. The molecule has 0 spiro atoms. The molecule has 1 aromatic carbocycles. The van der Waals surface area contributed by atoms with E-state index in [0.29, 0.717) is 0 Å². The minimum atomic E-state index is -0.321. The van der Waals surface area contributed by atoms with Crippen LogP contribution < -0.4 is 0 Å². The predicted octanol–water partition coefficient (Wildman–Crippen LogP) is 1.99. The van der Waals surface area contributed by atoms with Crippen molar-refractivity contribution >= 4 is 22.7 Å². The Morgan fingerprint density at radius 2 is 2.14 bits per heavy atom. The molecule has 0 amide bonds. The SMILES string of the molecule is CCc1cccc2c1SC(=O)C(=O)C2. The van der Waals surface area contributed by atoms with E-state index in [2.05, 4.69) is 6.92 Å². The quantitative estimate of drug-likeness (QED) is 0.659. The molecule has 0 aliphatic carbocycles. The van der Waals surface area contributed by atoms with E-state index in [1.165, 1.54) is 0 Å². The lowest BCUT2D eigenvalue weighted by Crippen LogP contribution is -2.18. The van der Waals surface area contributed by atoms with E-state index >= 15 is 0 Å². The van der Waals surface area contributed by atoms with Gasteiger partial charge in [-0.15, -0.1) is 0 Å². The molecule has 1 heterocycles. The van der Waals surface area contributed by atoms with Crippen LogP contribution in [0.4, 0.5) is 0 Å². The van der Waals surface area contributed by atoms with Crippen molar-refractivity contribution in [2.24, 2.45) is 0 Å². The predicted molar refractivity (Wildman–Crippen MR) is 55.4 cm³/mol. The molecule has 0 unspecified atom stereocenters. The van der Waals surface area contributed by atoms with Crippen molar-refractivity contribution in [2.45, 2.75) is 24.7 Å². The van der Waals surface area contributed by atoms with Crippen LogP contribution in [0.2, 0.25) is 0 Å². The molecule has 0 radical (unpaired) electrons. The molecule has 0 aromatic heterocycles. The molecule has 1 aromatic rings. The largest absolute Gasteiger partial charge is 0.289 e. The Morgan fingerprint density at radius 3 is 2.86 bits per heavy atom. The molecular formula is C11H10O2S. The Kier molecular flexibility index (Phi) is 2.42. The molecule has 14 heavy (non-hydrogen) atoms. The second-order valence-electron chi connectivity index (χ2n) is 3.25. The van der Waals surface area contributed by atoms with Crippen LogP contribution in [-0.2, 0) is 22.4 Å². The number of ketones is 1. The number of hydrogen-bond acceptors (Lipinski definition) is 3. The normalized spacial score (nSPS) is 15.5. The number of benzene rings is 1. The minimum absolute atomic E-state index is 0.273. The van der Waals surface area contributed by atoms with Crippen LogP contribution >= 0.6 is 11.8 Å². The number of fused-ring (bicyclic) bond motifs is 1. The maximum atomic E-state index is 11.2. The maximum absolute atomic E-state index is 11.2. The van der Waals surface area contributed by atoms with Crippen LogP contribution in [0.5, 0.6) is 0 Å². The van der Waals surface area contributed by atoms with Crippen molar-refractivity contribution < 1.29 is 9.59 Å². The Balaban J connectivity index is 2.51. The van der Waals surface area contributed by atoms with Crippen LogP contribution in [0.1, 0.15) is 18.1 Å². The Morgan fingerprint density at radius 1 is 1.36 bits per heavy atom. The molecule has 2 rings (SSSR count). The summed E-state index contributed by atoms with van der Waals surface area (Å²) in [6.45, 7) is 2.05. The zero-order chi connectivity index (χ0) is 10.1. The average Bonchev–Trinajstić information content (AvgIpc) is 2.19. The van der Waals surface area contributed by atoms with Crippen molar-refractivity contribution in [2.75, 3.05) is 0 Å². The van der Waals surface area contributed by atoms with Crippen LogP contribution in [0, 0.1) is 0 Å². The summed E-state index contributed by atoms with van der Waals surface area (Å²) in [4.78, 5) is 23.4. The van der Waals surface area contributed by atoms with Crippen molar-refractivity contribution in [3.05, 3.63) is 29.3 Å². The third-order valence-corrected chi connectivity index (χ3v) is 3.47. The van der Waals surface area contributed by atoms with Gasteiger partial charge in [0, 0.05) is 11.3 Å². The molecule has 2 nitrogen and oxygen atoms in total. The van der Waals surface area contributed by atoms with Crippen molar-refractivity contribution in [1.29, 1.82) is 0 Å². The number of Topliss-reactive ketones (excluding diaryl/α,β-unsaturated/α-hetero) is 1. The summed E-state index contributed by atoms with van der Waals surface area (Å²) in [5, 5.41) is -0.321. The van der Waals surface area contributed by atoms with Crippen LogP contribution in [0.25, 0.3) is 0 Å². The van der Waals surface area contributed by atoms with Gasteiger partial charge in [0.2, 0.25) is 5.78 Å². The molecule has 1 aliphatic heterocycles. The van der Waals surface area contributed by atoms with Gasteiger partial charge in [-0.25, -0.2) is 0 Å². The van der Waals surface area contributed by atoms with Gasteiger partial charge in [-0.2, -0.15) is 0 Å². The van der Waals surface area contributed by atoms with Crippen molar-refractivity contribution in [3.63, 3.8) is 0 Å². The Hall–Kier alpha value is -1.09. The van der Waals surface area contributed by atoms with Gasteiger partial charge in [-0.1, -0.05) is 25.1 Å². The molecule has 0 bridgehead atoms. The molecule has 0 saturated carbocycles. The van der Waals surface area contributed by atoms with E-state index in [4.69, 9.17) is 0 Å². The summed E-state index contributed by atoms with van der Waals surface area (Å²) in [6.07, 6.45) is 1.17. The molecule has 0 atom stereocenters. The first kappa shape index (κ1) is 9.46. The highest BCUT2D eigenvalue weighted by Gasteiger charge is 2.25. The molecule has 0 saturated heterocycles. The molecular weight excluding hydrogens is 196 g/mol. The first-order valence-corrected chi connectivity index (χ1v) is 5.39. The van der Waals surface area contributed by atoms with Crippen LogP contribution in [0.15, 0.2) is 23.1 Å². The fourth-order valence-electron chi connectivity index (χ4n) is 1.58. The summed E-state index contributed by atoms with van der Waals surface area (Å²) in [6, 6.07) is 5.88. The number of hydrogen-bond donors (Lipinski definition) is 0. The van der Waals surface area contributed by atoms with Gasteiger partial charge in [0.1, 0.15) is 0 Å². The van der Waals surface area contributed by atoms with Gasteiger partial charge >= 0.3 is 0 Å². The second kappa shape index (κ2) is 3.58. The molecule has 3 heteroatoms. The highest BCUT2D eigenvalue weighted by molar-refractivity contribution is 8.15. The third-order valence-electron chi connectivity index (χ3n) is 2.33. The van der Waals surface area contributed by atoms with E-state index in [9.17, 15) is 9.59 Å². The number of rotatable bonds is 1. The van der Waals surface area contributed by atoms with E-state index in [1.54, 1.807) is 0 Å². The molecule has 1 aliphatic rings. The Labute approximate surface area is 86.7 Å². The van der Waals surface area contributed by atoms with Gasteiger partial charge in [-0.3, -0.25) is 9.59 Å².